The van der Waals surface area contributed by atoms with Crippen LogP contribution in [-0.4, -0.2) is 23.9 Å². The van der Waals surface area contributed by atoms with E-state index in [0.29, 0.717) is 5.91 Å². The molecular formula is C16H21NO. The fourth-order valence-corrected chi connectivity index (χ4v) is 2.57. The number of hydrogen-bond donors (Lipinski definition) is 0. The third kappa shape index (κ3) is 3.22. The Hall–Kier alpha value is -1.57. The molecule has 96 valence electrons. The van der Waals surface area contributed by atoms with Crippen molar-refractivity contribution in [3.63, 3.8) is 0 Å². The van der Waals surface area contributed by atoms with Crippen LogP contribution in [-0.2, 0) is 11.2 Å². The fraction of sp³-hybridized carbons (Fsp3) is 0.438. The van der Waals surface area contributed by atoms with Crippen LogP contribution in [0.5, 0.6) is 0 Å². The highest BCUT2D eigenvalue weighted by molar-refractivity contribution is 5.79. The van der Waals surface area contributed by atoms with E-state index in [1.807, 2.05) is 29.2 Å². The topological polar surface area (TPSA) is 20.3 Å². The molecule has 0 N–H and O–H groups in total. The number of benzene rings is 1. The number of carbonyl (C=O) groups is 1. The monoisotopic (exact) mass is 243 g/mol. The number of hydrogen-bond acceptors (Lipinski definition) is 1. The Kier molecular flexibility index (Phi) is 4.57. The number of allylic oxidation sites excluding steroid dienone is 1. The van der Waals surface area contributed by atoms with Gasteiger partial charge in [0.25, 0.3) is 0 Å². The first-order chi connectivity index (χ1) is 8.81. The van der Waals surface area contributed by atoms with Crippen LogP contribution in [0.25, 0.3) is 0 Å². The molecule has 18 heavy (non-hydrogen) atoms. The lowest BCUT2D eigenvalue weighted by atomic mass is 9.95. The maximum Gasteiger partial charge on any atom is 0.226 e. The van der Waals surface area contributed by atoms with E-state index in [9.17, 15) is 4.79 Å². The maximum absolute atomic E-state index is 12.4. The van der Waals surface area contributed by atoms with Crippen molar-refractivity contribution in [1.29, 1.82) is 0 Å². The molecule has 0 aromatic heterocycles. The minimum absolute atomic E-state index is 0.0583. The zero-order chi connectivity index (χ0) is 12.8. The molecule has 1 aromatic carbocycles. The van der Waals surface area contributed by atoms with Crippen LogP contribution in [0.15, 0.2) is 43.0 Å². The van der Waals surface area contributed by atoms with E-state index in [4.69, 9.17) is 0 Å². The van der Waals surface area contributed by atoms with Crippen LogP contribution in [0, 0.1) is 5.92 Å². The zero-order valence-electron chi connectivity index (χ0n) is 10.8. The first-order valence-electron chi connectivity index (χ1n) is 6.75. The summed E-state index contributed by atoms with van der Waals surface area (Å²) in [4.78, 5) is 14.4. The van der Waals surface area contributed by atoms with Crippen LogP contribution >= 0.6 is 0 Å². The molecule has 0 spiro atoms. The standard InChI is InChI=1S/C16H21NO/c1-2-8-15(13-14-9-4-3-5-10-14)16(18)17-11-6-7-12-17/h2-5,9-10,15H,1,6-8,11-13H2. The van der Waals surface area contributed by atoms with Crippen molar-refractivity contribution >= 4 is 5.91 Å². The molecule has 0 radical (unpaired) electrons. The summed E-state index contributed by atoms with van der Waals surface area (Å²) in [6, 6.07) is 10.2. The second-order valence-electron chi connectivity index (χ2n) is 4.94. The van der Waals surface area contributed by atoms with Gasteiger partial charge in [-0.3, -0.25) is 4.79 Å². The molecule has 2 rings (SSSR count). The summed E-state index contributed by atoms with van der Waals surface area (Å²) in [5.41, 5.74) is 1.23. The van der Waals surface area contributed by atoms with Crippen molar-refractivity contribution in [3.8, 4) is 0 Å². The summed E-state index contributed by atoms with van der Waals surface area (Å²) in [5, 5.41) is 0. The van der Waals surface area contributed by atoms with Gasteiger partial charge in [0, 0.05) is 19.0 Å². The summed E-state index contributed by atoms with van der Waals surface area (Å²) in [6.45, 7) is 5.64. The highest BCUT2D eigenvalue weighted by Crippen LogP contribution is 2.19. The average Bonchev–Trinajstić information content (AvgIpc) is 2.92. The van der Waals surface area contributed by atoms with Crippen molar-refractivity contribution in [2.75, 3.05) is 13.1 Å². The van der Waals surface area contributed by atoms with Gasteiger partial charge in [0.2, 0.25) is 5.91 Å². The summed E-state index contributed by atoms with van der Waals surface area (Å²) < 4.78 is 0. The van der Waals surface area contributed by atoms with E-state index in [1.54, 1.807) is 0 Å². The Morgan fingerprint density at radius 1 is 1.28 bits per heavy atom. The summed E-state index contributed by atoms with van der Waals surface area (Å²) >= 11 is 0. The van der Waals surface area contributed by atoms with Crippen molar-refractivity contribution < 1.29 is 4.79 Å². The second kappa shape index (κ2) is 6.39. The minimum atomic E-state index is 0.0583. The summed E-state index contributed by atoms with van der Waals surface area (Å²) in [6.07, 6.45) is 5.75. The maximum atomic E-state index is 12.4. The molecule has 0 bridgehead atoms. The van der Waals surface area contributed by atoms with E-state index >= 15 is 0 Å². The summed E-state index contributed by atoms with van der Waals surface area (Å²) in [5.74, 6) is 0.360. The molecule has 1 aliphatic heterocycles. The van der Waals surface area contributed by atoms with Crippen molar-refractivity contribution in [2.24, 2.45) is 5.92 Å². The Morgan fingerprint density at radius 3 is 2.56 bits per heavy atom. The molecule has 1 aromatic rings. The molecule has 0 aliphatic carbocycles. The third-order valence-corrected chi connectivity index (χ3v) is 3.54. The predicted molar refractivity (Wildman–Crippen MR) is 74.3 cm³/mol. The van der Waals surface area contributed by atoms with Crippen LogP contribution in [0.3, 0.4) is 0 Å². The molecule has 1 fully saturated rings. The molecule has 1 atom stereocenters. The number of carbonyl (C=O) groups excluding carboxylic acids is 1. The van der Waals surface area contributed by atoms with E-state index in [1.165, 1.54) is 5.56 Å². The van der Waals surface area contributed by atoms with Gasteiger partial charge >= 0.3 is 0 Å². The Bertz CT molecular complexity index is 393. The van der Waals surface area contributed by atoms with Crippen LogP contribution < -0.4 is 0 Å². The third-order valence-electron chi connectivity index (χ3n) is 3.54. The molecule has 1 amide bonds. The molecule has 2 nitrogen and oxygen atoms in total. The highest BCUT2D eigenvalue weighted by Gasteiger charge is 2.25. The number of amides is 1. The Labute approximate surface area is 109 Å². The second-order valence-corrected chi connectivity index (χ2v) is 4.94. The van der Waals surface area contributed by atoms with Crippen LogP contribution in [0.4, 0.5) is 0 Å². The molecule has 1 aliphatic rings. The number of likely N-dealkylation sites (tertiary alicyclic amines) is 1. The Balaban J connectivity index is 2.03. The van der Waals surface area contributed by atoms with E-state index < -0.39 is 0 Å². The largest absolute Gasteiger partial charge is 0.342 e. The van der Waals surface area contributed by atoms with E-state index in [-0.39, 0.29) is 5.92 Å². The van der Waals surface area contributed by atoms with Gasteiger partial charge in [-0.25, -0.2) is 0 Å². The normalized spacial score (nSPS) is 16.6. The molecule has 1 unspecified atom stereocenters. The van der Waals surface area contributed by atoms with Gasteiger partial charge in [-0.05, 0) is 31.2 Å². The minimum Gasteiger partial charge on any atom is -0.342 e. The van der Waals surface area contributed by atoms with Gasteiger partial charge in [0.1, 0.15) is 0 Å². The molecule has 0 saturated carbocycles. The van der Waals surface area contributed by atoms with E-state index in [0.717, 1.165) is 38.8 Å². The first-order valence-corrected chi connectivity index (χ1v) is 6.75. The highest BCUT2D eigenvalue weighted by atomic mass is 16.2. The van der Waals surface area contributed by atoms with Crippen LogP contribution in [0.1, 0.15) is 24.8 Å². The number of nitrogens with zero attached hydrogens (tertiary/aromatic N) is 1. The average molecular weight is 243 g/mol. The lowest BCUT2D eigenvalue weighted by Gasteiger charge is -2.22. The smallest absolute Gasteiger partial charge is 0.226 e. The van der Waals surface area contributed by atoms with Crippen LogP contribution in [0.2, 0.25) is 0 Å². The van der Waals surface area contributed by atoms with Gasteiger partial charge in [0.05, 0.1) is 0 Å². The van der Waals surface area contributed by atoms with Crippen molar-refractivity contribution in [2.45, 2.75) is 25.7 Å². The molecule has 1 saturated heterocycles. The lowest BCUT2D eigenvalue weighted by molar-refractivity contribution is -0.134. The quantitative estimate of drug-likeness (QED) is 0.728. The molecule has 1 heterocycles. The lowest BCUT2D eigenvalue weighted by Crippen LogP contribution is -2.34. The SMILES string of the molecule is C=CCC(Cc1ccccc1)C(=O)N1CCCC1. The molecular weight excluding hydrogens is 222 g/mol. The first kappa shape index (κ1) is 12.9. The van der Waals surface area contributed by atoms with E-state index in [2.05, 4.69) is 18.7 Å². The fourth-order valence-electron chi connectivity index (χ4n) is 2.57. The zero-order valence-corrected chi connectivity index (χ0v) is 10.8. The predicted octanol–water partition coefficient (Wildman–Crippen LogP) is 3.04. The molecule has 2 heteroatoms. The summed E-state index contributed by atoms with van der Waals surface area (Å²) in [7, 11) is 0. The van der Waals surface area contributed by atoms with Gasteiger partial charge in [-0.2, -0.15) is 0 Å². The van der Waals surface area contributed by atoms with Gasteiger partial charge in [0.15, 0.2) is 0 Å². The van der Waals surface area contributed by atoms with Crippen molar-refractivity contribution in [3.05, 3.63) is 48.6 Å². The van der Waals surface area contributed by atoms with Gasteiger partial charge < -0.3 is 4.90 Å². The van der Waals surface area contributed by atoms with Crippen molar-refractivity contribution in [1.82, 2.24) is 4.90 Å². The Morgan fingerprint density at radius 2 is 1.94 bits per heavy atom. The number of rotatable bonds is 5. The van der Waals surface area contributed by atoms with Gasteiger partial charge in [-0.1, -0.05) is 36.4 Å². The van der Waals surface area contributed by atoms with Gasteiger partial charge in [-0.15, -0.1) is 6.58 Å².